The van der Waals surface area contributed by atoms with Gasteiger partial charge in [0.2, 0.25) is 0 Å². The molecule has 1 aromatic carbocycles. The van der Waals surface area contributed by atoms with Crippen LogP contribution in [0.1, 0.15) is 37.5 Å². The summed E-state index contributed by atoms with van der Waals surface area (Å²) in [7, 11) is 0. The molecule has 3 heteroatoms. The number of fused-ring (bicyclic) bond motifs is 1. The van der Waals surface area contributed by atoms with Crippen LogP contribution < -0.4 is 5.32 Å². The van der Waals surface area contributed by atoms with Gasteiger partial charge in [0.05, 0.1) is 5.02 Å². The Morgan fingerprint density at radius 1 is 1.32 bits per heavy atom. The van der Waals surface area contributed by atoms with Gasteiger partial charge in [0.15, 0.2) is 0 Å². The minimum absolute atomic E-state index is 0.573. The largest absolute Gasteiger partial charge is 0.311 e. The smallest absolute Gasteiger partial charge is 0.0636 e. The molecule has 1 N–H and O–H groups in total. The van der Waals surface area contributed by atoms with E-state index in [9.17, 15) is 0 Å². The van der Waals surface area contributed by atoms with Gasteiger partial charge >= 0.3 is 0 Å². The molecular weight excluding hydrogens is 274 g/mol. The molecular formula is C16H20ClNS. The minimum atomic E-state index is 0.573. The molecule has 0 spiro atoms. The Labute approximate surface area is 124 Å². The molecule has 1 nitrogen and oxygen atoms in total. The van der Waals surface area contributed by atoms with Gasteiger partial charge in [0, 0.05) is 28.1 Å². The first-order chi connectivity index (χ1) is 9.24. The van der Waals surface area contributed by atoms with Crippen LogP contribution in [0, 0.1) is 5.41 Å². The van der Waals surface area contributed by atoms with Crippen molar-refractivity contribution in [1.82, 2.24) is 5.32 Å². The van der Waals surface area contributed by atoms with Crippen molar-refractivity contribution in [3.63, 3.8) is 0 Å². The number of benzene rings is 1. The highest BCUT2D eigenvalue weighted by Gasteiger charge is 2.34. The lowest BCUT2D eigenvalue weighted by atomic mass is 9.67. The van der Waals surface area contributed by atoms with Gasteiger partial charge in [-0.25, -0.2) is 0 Å². The monoisotopic (exact) mass is 293 g/mol. The van der Waals surface area contributed by atoms with E-state index in [0.717, 1.165) is 18.1 Å². The highest BCUT2D eigenvalue weighted by Crippen LogP contribution is 2.43. The number of hydrogen-bond acceptors (Lipinski definition) is 2. The van der Waals surface area contributed by atoms with E-state index in [4.69, 9.17) is 11.6 Å². The lowest BCUT2D eigenvalue weighted by Gasteiger charge is -2.41. The van der Waals surface area contributed by atoms with E-state index in [2.05, 4.69) is 36.5 Å². The molecule has 1 fully saturated rings. The second kappa shape index (κ2) is 5.43. The Morgan fingerprint density at radius 2 is 2.11 bits per heavy atom. The Hall–Kier alpha value is -0.570. The number of nitrogens with one attached hydrogen (secondary N) is 1. The summed E-state index contributed by atoms with van der Waals surface area (Å²) in [5, 5.41) is 5.75. The van der Waals surface area contributed by atoms with E-state index < -0.39 is 0 Å². The van der Waals surface area contributed by atoms with Gasteiger partial charge in [0.25, 0.3) is 0 Å². The molecule has 0 bridgehead atoms. The third-order valence-electron chi connectivity index (χ3n) is 4.55. The molecule has 0 atom stereocenters. The van der Waals surface area contributed by atoms with Crippen LogP contribution in [0.4, 0.5) is 0 Å². The van der Waals surface area contributed by atoms with Crippen LogP contribution in [-0.4, -0.2) is 6.54 Å². The van der Waals surface area contributed by atoms with Gasteiger partial charge in [-0.3, -0.25) is 0 Å². The maximum atomic E-state index is 6.46. The fourth-order valence-electron chi connectivity index (χ4n) is 2.95. The van der Waals surface area contributed by atoms with Crippen molar-refractivity contribution in [2.75, 3.05) is 6.54 Å². The van der Waals surface area contributed by atoms with Crippen LogP contribution in [0.15, 0.2) is 24.3 Å². The van der Waals surface area contributed by atoms with Crippen molar-refractivity contribution < 1.29 is 0 Å². The fraction of sp³-hybridized carbons (Fsp3) is 0.500. The lowest BCUT2D eigenvalue weighted by Crippen LogP contribution is -2.39. The summed E-state index contributed by atoms with van der Waals surface area (Å²) in [6, 6.07) is 8.39. The molecule has 2 aromatic rings. The molecule has 0 saturated heterocycles. The summed E-state index contributed by atoms with van der Waals surface area (Å²) in [5.41, 5.74) is 0.573. The zero-order chi connectivity index (χ0) is 13.3. The van der Waals surface area contributed by atoms with E-state index in [1.165, 1.54) is 40.6 Å². The van der Waals surface area contributed by atoms with Gasteiger partial charge in [0.1, 0.15) is 0 Å². The number of hydrogen-bond donors (Lipinski definition) is 1. The molecule has 1 aromatic heterocycles. The lowest BCUT2D eigenvalue weighted by molar-refractivity contribution is 0.124. The second-order valence-corrected chi connectivity index (χ2v) is 7.16. The average Bonchev–Trinajstić information content (AvgIpc) is 2.70. The predicted octanol–water partition coefficient (Wildman–Crippen LogP) is 5.22. The van der Waals surface area contributed by atoms with Crippen molar-refractivity contribution in [2.24, 2.45) is 5.41 Å². The summed E-state index contributed by atoms with van der Waals surface area (Å²) in [6.07, 6.45) is 5.46. The zero-order valence-electron chi connectivity index (χ0n) is 11.3. The minimum Gasteiger partial charge on any atom is -0.311 e. The maximum Gasteiger partial charge on any atom is 0.0636 e. The quantitative estimate of drug-likeness (QED) is 0.796. The van der Waals surface area contributed by atoms with Crippen molar-refractivity contribution >= 4 is 33.0 Å². The van der Waals surface area contributed by atoms with E-state index in [1.807, 2.05) is 11.3 Å². The van der Waals surface area contributed by atoms with E-state index in [-0.39, 0.29) is 0 Å². The maximum absolute atomic E-state index is 6.46. The Bertz CT molecular complexity index is 566. The molecule has 0 radical (unpaired) electrons. The third kappa shape index (κ3) is 2.54. The van der Waals surface area contributed by atoms with Crippen LogP contribution in [0.5, 0.6) is 0 Å². The molecule has 1 aliphatic rings. The molecule has 0 aliphatic heterocycles. The highest BCUT2D eigenvalue weighted by molar-refractivity contribution is 7.19. The second-order valence-electron chi connectivity index (χ2n) is 5.65. The molecule has 3 rings (SSSR count). The first kappa shape index (κ1) is 13.4. The number of thiophene rings is 1. The van der Waals surface area contributed by atoms with Gasteiger partial charge < -0.3 is 5.32 Å². The molecule has 1 saturated carbocycles. The van der Waals surface area contributed by atoms with E-state index in [1.54, 1.807) is 0 Å². The SMILES string of the molecule is CCC1(CNCc2sc3ccccc3c2Cl)CCC1. The fourth-order valence-corrected chi connectivity index (χ4v) is 4.42. The van der Waals surface area contributed by atoms with Crippen LogP contribution in [0.2, 0.25) is 5.02 Å². The summed E-state index contributed by atoms with van der Waals surface area (Å²) in [6.45, 7) is 4.35. The zero-order valence-corrected chi connectivity index (χ0v) is 12.9. The highest BCUT2D eigenvalue weighted by atomic mass is 35.5. The van der Waals surface area contributed by atoms with Gasteiger partial charge in [-0.1, -0.05) is 43.1 Å². The van der Waals surface area contributed by atoms with E-state index >= 15 is 0 Å². The first-order valence-electron chi connectivity index (χ1n) is 7.11. The van der Waals surface area contributed by atoms with Crippen molar-refractivity contribution in [3.8, 4) is 0 Å². The van der Waals surface area contributed by atoms with Crippen LogP contribution in [-0.2, 0) is 6.54 Å². The van der Waals surface area contributed by atoms with Gasteiger partial charge in [-0.15, -0.1) is 11.3 Å². The van der Waals surface area contributed by atoms with Crippen molar-refractivity contribution in [2.45, 2.75) is 39.2 Å². The van der Waals surface area contributed by atoms with Crippen molar-refractivity contribution in [3.05, 3.63) is 34.2 Å². The molecule has 1 heterocycles. The standard InChI is InChI=1S/C16H20ClNS/c1-2-16(8-5-9-16)11-18-10-14-15(17)12-6-3-4-7-13(12)19-14/h3-4,6-7,18H,2,5,8-11H2,1H3. The average molecular weight is 294 g/mol. The summed E-state index contributed by atoms with van der Waals surface area (Å²) in [4.78, 5) is 1.27. The molecule has 1 aliphatic carbocycles. The summed E-state index contributed by atoms with van der Waals surface area (Å²) >= 11 is 8.27. The normalized spacial score (nSPS) is 17.6. The molecule has 0 unspecified atom stereocenters. The molecule has 102 valence electrons. The summed E-state index contributed by atoms with van der Waals surface area (Å²) in [5.74, 6) is 0. The topological polar surface area (TPSA) is 12.0 Å². The van der Waals surface area contributed by atoms with Crippen LogP contribution in [0.25, 0.3) is 10.1 Å². The van der Waals surface area contributed by atoms with Crippen molar-refractivity contribution in [1.29, 1.82) is 0 Å². The van der Waals surface area contributed by atoms with Gasteiger partial charge in [-0.05, 0) is 30.7 Å². The van der Waals surface area contributed by atoms with E-state index in [0.29, 0.717) is 5.41 Å². The van der Waals surface area contributed by atoms with Crippen LogP contribution in [0.3, 0.4) is 0 Å². The molecule has 19 heavy (non-hydrogen) atoms. The Balaban J connectivity index is 1.67. The first-order valence-corrected chi connectivity index (χ1v) is 8.30. The third-order valence-corrected chi connectivity index (χ3v) is 6.27. The summed E-state index contributed by atoms with van der Waals surface area (Å²) < 4.78 is 1.29. The molecule has 0 amide bonds. The Morgan fingerprint density at radius 3 is 2.74 bits per heavy atom. The van der Waals surface area contributed by atoms with Gasteiger partial charge in [-0.2, -0.15) is 0 Å². The predicted molar refractivity (Wildman–Crippen MR) is 85.1 cm³/mol. The number of halogens is 1. The number of rotatable bonds is 5. The van der Waals surface area contributed by atoms with Crippen LogP contribution >= 0.6 is 22.9 Å². The Kier molecular flexibility index (Phi) is 3.84.